The molecule has 0 unspecified atom stereocenters. The Morgan fingerprint density at radius 3 is 2.54 bits per heavy atom. The van der Waals surface area contributed by atoms with Gasteiger partial charge in [0.15, 0.2) is 17.5 Å². The fraction of sp³-hybridized carbons (Fsp3) is 0.300. The number of guanidine groups is 1. The molecule has 7 nitrogen and oxygen atoms in total. The van der Waals surface area contributed by atoms with Gasteiger partial charge in [0.05, 0.1) is 13.1 Å². The van der Waals surface area contributed by atoms with E-state index in [9.17, 15) is 4.79 Å². The van der Waals surface area contributed by atoms with Gasteiger partial charge in [0.1, 0.15) is 0 Å². The Hall–Kier alpha value is -2.74. The number of rotatable bonds is 6. The highest BCUT2D eigenvalue weighted by Crippen LogP contribution is 2.32. The second-order valence-electron chi connectivity index (χ2n) is 6.47. The fourth-order valence-electron chi connectivity index (χ4n) is 2.49. The Morgan fingerprint density at radius 1 is 1.07 bits per heavy atom. The summed E-state index contributed by atoms with van der Waals surface area (Å²) < 4.78 is 11.8. The van der Waals surface area contributed by atoms with Crippen molar-refractivity contribution in [2.75, 3.05) is 27.4 Å². The summed E-state index contributed by atoms with van der Waals surface area (Å²) in [5.41, 5.74) is 2.10. The molecule has 0 spiro atoms. The van der Waals surface area contributed by atoms with Crippen molar-refractivity contribution in [3.63, 3.8) is 0 Å². The van der Waals surface area contributed by atoms with Gasteiger partial charge < -0.3 is 25.0 Å². The lowest BCUT2D eigenvalue weighted by atomic mass is 10.2. The van der Waals surface area contributed by atoms with Crippen LogP contribution in [0.5, 0.6) is 11.5 Å². The molecule has 1 aliphatic rings. The molecule has 148 valence electrons. The lowest BCUT2D eigenvalue weighted by Gasteiger charge is -2.15. The number of likely N-dealkylation sites (N-methyl/N-ethyl adjacent to an activating group) is 1. The number of ether oxygens (including phenoxy) is 2. The van der Waals surface area contributed by atoms with Crippen molar-refractivity contribution in [1.82, 2.24) is 15.5 Å². The molecule has 2 N–H and O–H groups in total. The van der Waals surface area contributed by atoms with E-state index in [0.29, 0.717) is 19.0 Å². The highest BCUT2D eigenvalue weighted by Gasteiger charge is 2.13. The molecule has 28 heavy (non-hydrogen) atoms. The van der Waals surface area contributed by atoms with Gasteiger partial charge in [-0.2, -0.15) is 0 Å². The van der Waals surface area contributed by atoms with Gasteiger partial charge in [-0.05, 0) is 35.4 Å². The van der Waals surface area contributed by atoms with Crippen LogP contribution in [0.25, 0.3) is 0 Å². The maximum Gasteiger partial charge on any atom is 0.241 e. The van der Waals surface area contributed by atoms with E-state index in [0.717, 1.165) is 27.1 Å². The minimum Gasteiger partial charge on any atom is -0.454 e. The van der Waals surface area contributed by atoms with Crippen LogP contribution in [-0.2, 0) is 17.9 Å². The minimum absolute atomic E-state index is 0.0266. The Bertz CT molecular complexity index is 853. The van der Waals surface area contributed by atoms with Crippen molar-refractivity contribution in [1.29, 1.82) is 0 Å². The third-order valence-electron chi connectivity index (χ3n) is 4.14. The molecule has 0 atom stereocenters. The highest BCUT2D eigenvalue weighted by atomic mass is 79.9. The minimum atomic E-state index is -0.0266. The molecule has 1 amide bonds. The molecule has 0 fully saturated rings. The summed E-state index contributed by atoms with van der Waals surface area (Å²) >= 11 is 3.43. The molecule has 0 bridgehead atoms. The van der Waals surface area contributed by atoms with E-state index in [-0.39, 0.29) is 19.2 Å². The number of hydrogen-bond acceptors (Lipinski definition) is 4. The maximum absolute atomic E-state index is 11.9. The number of carbonyl (C=O) groups is 1. The van der Waals surface area contributed by atoms with E-state index >= 15 is 0 Å². The summed E-state index contributed by atoms with van der Waals surface area (Å²) in [5.74, 6) is 2.01. The topological polar surface area (TPSA) is 75.2 Å². The average Bonchev–Trinajstić information content (AvgIpc) is 3.16. The first-order valence-corrected chi connectivity index (χ1v) is 9.66. The fourth-order valence-corrected chi connectivity index (χ4v) is 2.75. The Balaban J connectivity index is 1.66. The summed E-state index contributed by atoms with van der Waals surface area (Å²) in [6, 6.07) is 13.8. The molecule has 0 saturated carbocycles. The number of nitrogens with one attached hydrogen (secondary N) is 2. The quantitative estimate of drug-likeness (QED) is 0.526. The van der Waals surface area contributed by atoms with E-state index in [1.807, 2.05) is 42.5 Å². The number of halogens is 1. The molecule has 0 aliphatic carbocycles. The molecular weight excluding hydrogens is 424 g/mol. The zero-order chi connectivity index (χ0) is 19.9. The third kappa shape index (κ3) is 5.63. The summed E-state index contributed by atoms with van der Waals surface area (Å²) in [6.45, 7) is 1.45. The standard InChI is InChI=1S/C20H23BrN4O3/c1-25(2)19(26)12-24-20(22-10-14-3-6-16(21)7-4-14)23-11-15-5-8-17-18(9-15)28-13-27-17/h3-9H,10-13H2,1-2H3,(H2,22,23,24). The number of aliphatic imine (C=N–C) groups is 1. The second-order valence-corrected chi connectivity index (χ2v) is 7.39. The van der Waals surface area contributed by atoms with Crippen LogP contribution in [0.2, 0.25) is 0 Å². The molecule has 2 aromatic carbocycles. The lowest BCUT2D eigenvalue weighted by molar-refractivity contribution is -0.127. The number of benzene rings is 2. The predicted octanol–water partition coefficient (Wildman–Crippen LogP) is 2.50. The Labute approximate surface area is 172 Å². The van der Waals surface area contributed by atoms with Gasteiger partial charge in [0.25, 0.3) is 0 Å². The summed E-state index contributed by atoms with van der Waals surface area (Å²) in [5, 5.41) is 6.36. The zero-order valence-corrected chi connectivity index (χ0v) is 17.5. The van der Waals surface area contributed by atoms with Crippen molar-refractivity contribution >= 4 is 27.8 Å². The van der Waals surface area contributed by atoms with Crippen molar-refractivity contribution in [3.05, 3.63) is 58.1 Å². The van der Waals surface area contributed by atoms with E-state index in [4.69, 9.17) is 9.47 Å². The number of hydrogen-bond donors (Lipinski definition) is 2. The van der Waals surface area contributed by atoms with Crippen LogP contribution in [-0.4, -0.2) is 44.2 Å². The number of amides is 1. The summed E-state index contributed by atoms with van der Waals surface area (Å²) in [4.78, 5) is 18.0. The molecule has 0 saturated heterocycles. The predicted molar refractivity (Wildman–Crippen MR) is 111 cm³/mol. The van der Waals surface area contributed by atoms with E-state index in [1.54, 1.807) is 14.1 Å². The first kappa shape index (κ1) is 20.0. The van der Waals surface area contributed by atoms with Crippen LogP contribution in [0.4, 0.5) is 0 Å². The molecule has 2 aromatic rings. The number of carbonyl (C=O) groups excluding carboxylic acids is 1. The SMILES string of the molecule is CN(C)C(=O)CNC(=NCc1ccc2c(c1)OCO2)NCc1ccc(Br)cc1. The van der Waals surface area contributed by atoms with Crippen LogP contribution in [0.3, 0.4) is 0 Å². The van der Waals surface area contributed by atoms with Crippen molar-refractivity contribution in [3.8, 4) is 11.5 Å². The number of nitrogens with zero attached hydrogens (tertiary/aromatic N) is 2. The van der Waals surface area contributed by atoms with Gasteiger partial charge in [-0.3, -0.25) is 4.79 Å². The van der Waals surface area contributed by atoms with Gasteiger partial charge in [-0.15, -0.1) is 0 Å². The van der Waals surface area contributed by atoms with E-state index < -0.39 is 0 Å². The van der Waals surface area contributed by atoms with Crippen LogP contribution in [0.15, 0.2) is 51.9 Å². The van der Waals surface area contributed by atoms with E-state index in [1.165, 1.54) is 4.90 Å². The van der Waals surface area contributed by atoms with Crippen LogP contribution >= 0.6 is 15.9 Å². The summed E-state index contributed by atoms with van der Waals surface area (Å²) in [7, 11) is 3.45. The molecule has 1 heterocycles. The Kier molecular flexibility index (Phi) is 6.76. The highest BCUT2D eigenvalue weighted by molar-refractivity contribution is 9.10. The van der Waals surface area contributed by atoms with Gasteiger partial charge >= 0.3 is 0 Å². The Morgan fingerprint density at radius 2 is 1.79 bits per heavy atom. The van der Waals surface area contributed by atoms with Crippen molar-refractivity contribution in [2.45, 2.75) is 13.1 Å². The van der Waals surface area contributed by atoms with Gasteiger partial charge in [0.2, 0.25) is 12.7 Å². The average molecular weight is 447 g/mol. The zero-order valence-electron chi connectivity index (χ0n) is 15.9. The van der Waals surface area contributed by atoms with Crippen molar-refractivity contribution < 1.29 is 14.3 Å². The van der Waals surface area contributed by atoms with Crippen LogP contribution < -0.4 is 20.1 Å². The monoisotopic (exact) mass is 446 g/mol. The number of fused-ring (bicyclic) bond motifs is 1. The van der Waals surface area contributed by atoms with Crippen LogP contribution in [0, 0.1) is 0 Å². The molecule has 0 aromatic heterocycles. The van der Waals surface area contributed by atoms with Crippen molar-refractivity contribution in [2.24, 2.45) is 4.99 Å². The van der Waals surface area contributed by atoms with Gasteiger partial charge in [-0.25, -0.2) is 4.99 Å². The lowest BCUT2D eigenvalue weighted by Crippen LogP contribution is -2.42. The third-order valence-corrected chi connectivity index (χ3v) is 4.66. The molecule has 0 radical (unpaired) electrons. The summed E-state index contributed by atoms with van der Waals surface area (Å²) in [6.07, 6.45) is 0. The molecular formula is C20H23BrN4O3. The molecule has 1 aliphatic heterocycles. The first-order valence-electron chi connectivity index (χ1n) is 8.86. The largest absolute Gasteiger partial charge is 0.454 e. The smallest absolute Gasteiger partial charge is 0.241 e. The van der Waals surface area contributed by atoms with Gasteiger partial charge in [0, 0.05) is 25.1 Å². The van der Waals surface area contributed by atoms with E-state index in [2.05, 4.69) is 31.6 Å². The van der Waals surface area contributed by atoms with Crippen LogP contribution in [0.1, 0.15) is 11.1 Å². The normalized spacial score (nSPS) is 12.6. The first-order chi connectivity index (χ1) is 13.5. The molecule has 3 rings (SSSR count). The second kappa shape index (κ2) is 9.45. The maximum atomic E-state index is 11.9. The molecule has 8 heteroatoms. The van der Waals surface area contributed by atoms with Gasteiger partial charge in [-0.1, -0.05) is 34.1 Å².